The van der Waals surface area contributed by atoms with Crippen LogP contribution in [-0.2, 0) is 22.6 Å². The standard InChI is InChI=1S/C30H34ClFN2O3/c1-5-22(4)33-30(36)27(17-23-9-7-6-8-10-23)34(18-24-11-13-25(32)14-12-24)28(35)19-37-26-15-20(2)29(31)21(3)16-26/h6-16,22,27H,5,17-19H2,1-4H3,(H,33,36)/t22-,27+/m0/s1. The fourth-order valence-electron chi connectivity index (χ4n) is 4.00. The zero-order valence-electron chi connectivity index (χ0n) is 21.8. The van der Waals surface area contributed by atoms with Crippen LogP contribution < -0.4 is 10.1 Å². The summed E-state index contributed by atoms with van der Waals surface area (Å²) in [6.45, 7) is 7.54. The number of hydrogen-bond acceptors (Lipinski definition) is 3. The van der Waals surface area contributed by atoms with Crippen molar-refractivity contribution in [2.75, 3.05) is 6.61 Å². The van der Waals surface area contributed by atoms with Crippen molar-refractivity contribution in [3.63, 3.8) is 0 Å². The molecule has 3 rings (SSSR count). The molecule has 0 fully saturated rings. The lowest BCUT2D eigenvalue weighted by molar-refractivity contribution is -0.143. The Morgan fingerprint density at radius 3 is 2.22 bits per heavy atom. The first-order valence-corrected chi connectivity index (χ1v) is 12.8. The summed E-state index contributed by atoms with van der Waals surface area (Å²) >= 11 is 6.27. The van der Waals surface area contributed by atoms with Gasteiger partial charge >= 0.3 is 0 Å². The lowest BCUT2D eigenvalue weighted by Gasteiger charge is -2.32. The van der Waals surface area contributed by atoms with Crippen molar-refractivity contribution in [1.29, 1.82) is 0 Å². The summed E-state index contributed by atoms with van der Waals surface area (Å²) in [6, 6.07) is 18.2. The summed E-state index contributed by atoms with van der Waals surface area (Å²) in [7, 11) is 0. The monoisotopic (exact) mass is 524 g/mol. The molecule has 0 spiro atoms. The summed E-state index contributed by atoms with van der Waals surface area (Å²) in [5, 5.41) is 3.68. The van der Waals surface area contributed by atoms with Gasteiger partial charge in [0.25, 0.3) is 5.91 Å². The molecule has 0 unspecified atom stereocenters. The molecule has 0 aromatic heterocycles. The van der Waals surface area contributed by atoms with E-state index in [1.54, 1.807) is 24.3 Å². The van der Waals surface area contributed by atoms with Crippen molar-refractivity contribution in [2.45, 2.75) is 59.2 Å². The van der Waals surface area contributed by atoms with Crippen molar-refractivity contribution in [2.24, 2.45) is 0 Å². The number of carbonyl (C=O) groups excluding carboxylic acids is 2. The molecular formula is C30H34ClFN2O3. The number of nitrogens with zero attached hydrogens (tertiary/aromatic N) is 1. The van der Waals surface area contributed by atoms with Gasteiger partial charge in [0.05, 0.1) is 0 Å². The average molecular weight is 525 g/mol. The number of rotatable bonds is 11. The van der Waals surface area contributed by atoms with E-state index < -0.39 is 6.04 Å². The lowest BCUT2D eigenvalue weighted by Crippen LogP contribution is -2.53. The molecule has 0 radical (unpaired) electrons. The van der Waals surface area contributed by atoms with Crippen molar-refractivity contribution in [3.8, 4) is 5.75 Å². The molecule has 3 aromatic rings. The van der Waals surface area contributed by atoms with Gasteiger partial charge in [-0.05, 0) is 73.7 Å². The summed E-state index contributed by atoms with van der Waals surface area (Å²) in [4.78, 5) is 28.6. The maximum atomic E-state index is 13.6. The summed E-state index contributed by atoms with van der Waals surface area (Å²) in [6.07, 6.45) is 1.09. The predicted octanol–water partition coefficient (Wildman–Crippen LogP) is 6.03. The predicted molar refractivity (Wildman–Crippen MR) is 145 cm³/mol. The van der Waals surface area contributed by atoms with E-state index in [0.717, 1.165) is 23.1 Å². The molecule has 0 aliphatic heterocycles. The zero-order valence-corrected chi connectivity index (χ0v) is 22.5. The molecule has 5 nitrogen and oxygen atoms in total. The van der Waals surface area contributed by atoms with Crippen LogP contribution in [0, 0.1) is 19.7 Å². The number of carbonyl (C=O) groups is 2. The molecule has 0 saturated carbocycles. The zero-order chi connectivity index (χ0) is 26.9. The molecule has 37 heavy (non-hydrogen) atoms. The summed E-state index contributed by atoms with van der Waals surface area (Å²) in [5.41, 5.74) is 3.33. The molecule has 0 heterocycles. The quantitative estimate of drug-likeness (QED) is 0.333. The number of hydrogen-bond donors (Lipinski definition) is 1. The van der Waals surface area contributed by atoms with Crippen LogP contribution in [0.1, 0.15) is 42.5 Å². The van der Waals surface area contributed by atoms with Gasteiger partial charge in [0.2, 0.25) is 5.91 Å². The fraction of sp³-hybridized carbons (Fsp3) is 0.333. The second-order valence-electron chi connectivity index (χ2n) is 9.33. The second-order valence-corrected chi connectivity index (χ2v) is 9.71. The first kappa shape index (κ1) is 28.2. The van der Waals surface area contributed by atoms with Crippen molar-refractivity contribution in [3.05, 3.63) is 99.8 Å². The SMILES string of the molecule is CC[C@H](C)NC(=O)[C@@H](Cc1ccccc1)N(Cc1ccc(F)cc1)C(=O)COc1cc(C)c(Cl)c(C)c1. The number of nitrogens with one attached hydrogen (secondary N) is 1. The number of ether oxygens (including phenoxy) is 1. The topological polar surface area (TPSA) is 58.6 Å². The Hall–Kier alpha value is -3.38. The molecular weight excluding hydrogens is 491 g/mol. The van der Waals surface area contributed by atoms with E-state index in [-0.39, 0.29) is 36.8 Å². The first-order chi connectivity index (χ1) is 17.7. The minimum atomic E-state index is -0.786. The Bertz CT molecular complexity index is 1180. The van der Waals surface area contributed by atoms with E-state index in [1.165, 1.54) is 17.0 Å². The van der Waals surface area contributed by atoms with Gasteiger partial charge in [0, 0.05) is 24.0 Å². The molecule has 2 amide bonds. The van der Waals surface area contributed by atoms with E-state index in [9.17, 15) is 14.0 Å². The van der Waals surface area contributed by atoms with Crippen molar-refractivity contribution in [1.82, 2.24) is 10.2 Å². The van der Waals surface area contributed by atoms with Crippen LogP contribution in [-0.4, -0.2) is 35.4 Å². The maximum absolute atomic E-state index is 13.6. The molecule has 3 aromatic carbocycles. The first-order valence-electron chi connectivity index (χ1n) is 12.5. The van der Waals surface area contributed by atoms with Gasteiger partial charge in [-0.15, -0.1) is 0 Å². The Morgan fingerprint density at radius 1 is 1.00 bits per heavy atom. The average Bonchev–Trinajstić information content (AvgIpc) is 2.89. The Morgan fingerprint density at radius 2 is 1.62 bits per heavy atom. The third-order valence-electron chi connectivity index (χ3n) is 6.31. The van der Waals surface area contributed by atoms with Crippen LogP contribution in [0.15, 0.2) is 66.7 Å². The minimum Gasteiger partial charge on any atom is -0.484 e. The molecule has 0 aliphatic carbocycles. The van der Waals surface area contributed by atoms with Gasteiger partial charge in [-0.1, -0.05) is 61.0 Å². The van der Waals surface area contributed by atoms with Gasteiger partial charge in [0.1, 0.15) is 17.6 Å². The third-order valence-corrected chi connectivity index (χ3v) is 6.91. The number of halogens is 2. The van der Waals surface area contributed by atoms with Crippen LogP contribution in [0.25, 0.3) is 0 Å². The van der Waals surface area contributed by atoms with Crippen molar-refractivity contribution < 1.29 is 18.7 Å². The minimum absolute atomic E-state index is 0.0511. The Kier molecular flexibility index (Phi) is 10.1. The smallest absolute Gasteiger partial charge is 0.261 e. The van der Waals surface area contributed by atoms with Gasteiger partial charge < -0.3 is 15.0 Å². The number of aryl methyl sites for hydroxylation is 2. The van der Waals surface area contributed by atoms with E-state index in [2.05, 4.69) is 5.32 Å². The largest absolute Gasteiger partial charge is 0.484 e. The maximum Gasteiger partial charge on any atom is 0.261 e. The molecule has 0 bridgehead atoms. The van der Waals surface area contributed by atoms with Gasteiger partial charge in [0.15, 0.2) is 6.61 Å². The molecule has 0 aliphatic rings. The van der Waals surface area contributed by atoms with E-state index in [0.29, 0.717) is 22.8 Å². The van der Waals surface area contributed by atoms with Gasteiger partial charge in [-0.2, -0.15) is 0 Å². The normalized spacial score (nSPS) is 12.5. The van der Waals surface area contributed by atoms with E-state index >= 15 is 0 Å². The molecule has 196 valence electrons. The number of benzene rings is 3. The van der Waals surface area contributed by atoms with Crippen LogP contribution in [0.3, 0.4) is 0 Å². The summed E-state index contributed by atoms with van der Waals surface area (Å²) < 4.78 is 19.4. The van der Waals surface area contributed by atoms with Gasteiger partial charge in [-0.25, -0.2) is 4.39 Å². The van der Waals surface area contributed by atoms with E-state index in [4.69, 9.17) is 16.3 Å². The van der Waals surface area contributed by atoms with Crippen LogP contribution in [0.2, 0.25) is 5.02 Å². The molecule has 1 N–H and O–H groups in total. The Balaban J connectivity index is 1.92. The van der Waals surface area contributed by atoms with E-state index in [1.807, 2.05) is 58.0 Å². The highest BCUT2D eigenvalue weighted by Gasteiger charge is 2.31. The highest BCUT2D eigenvalue weighted by Crippen LogP contribution is 2.26. The summed E-state index contributed by atoms with van der Waals surface area (Å²) in [5.74, 6) is -0.436. The molecule has 7 heteroatoms. The third kappa shape index (κ3) is 8.05. The van der Waals surface area contributed by atoms with Crippen LogP contribution in [0.4, 0.5) is 4.39 Å². The highest BCUT2D eigenvalue weighted by atomic mass is 35.5. The van der Waals surface area contributed by atoms with Gasteiger partial charge in [-0.3, -0.25) is 9.59 Å². The lowest BCUT2D eigenvalue weighted by atomic mass is 10.0. The second kappa shape index (κ2) is 13.2. The Labute approximate surface area is 223 Å². The number of amides is 2. The highest BCUT2D eigenvalue weighted by molar-refractivity contribution is 6.32. The van der Waals surface area contributed by atoms with Crippen molar-refractivity contribution >= 4 is 23.4 Å². The van der Waals surface area contributed by atoms with Crippen LogP contribution >= 0.6 is 11.6 Å². The fourth-order valence-corrected chi connectivity index (χ4v) is 4.11. The molecule has 0 saturated heterocycles. The molecule has 2 atom stereocenters. The van der Waals surface area contributed by atoms with Crippen LogP contribution in [0.5, 0.6) is 5.75 Å².